The molecule has 0 bridgehead atoms. The molecule has 8 heteroatoms. The first kappa shape index (κ1) is 16.0. The smallest absolute Gasteiger partial charge is 0.339 e. The lowest BCUT2D eigenvalue weighted by molar-refractivity contribution is -0.136. The summed E-state index contributed by atoms with van der Waals surface area (Å²) < 4.78 is 0. The maximum Gasteiger partial charge on any atom is 0.339 e. The van der Waals surface area contributed by atoms with E-state index in [1.165, 1.54) is 0 Å². The highest BCUT2D eigenvalue weighted by Gasteiger charge is 2.51. The molecule has 3 amide bonds. The number of hydrogen-bond donors (Lipinski definition) is 4. The van der Waals surface area contributed by atoms with Gasteiger partial charge in [0.1, 0.15) is 5.54 Å². The van der Waals surface area contributed by atoms with Gasteiger partial charge in [0.05, 0.1) is 0 Å². The number of halogens is 1. The third-order valence-corrected chi connectivity index (χ3v) is 4.52. The fourth-order valence-electron chi connectivity index (χ4n) is 3.09. The Morgan fingerprint density at radius 2 is 1.83 bits per heavy atom. The lowest BCUT2D eigenvalue weighted by Gasteiger charge is -2.30. The molecule has 0 aromatic heterocycles. The Hall–Kier alpha value is -1.83. The van der Waals surface area contributed by atoms with Crippen LogP contribution < -0.4 is 16.1 Å². The number of imide groups is 1. The van der Waals surface area contributed by atoms with E-state index >= 15 is 0 Å². The summed E-state index contributed by atoms with van der Waals surface area (Å²) in [6, 6.07) is 6.17. The molecule has 124 valence electrons. The van der Waals surface area contributed by atoms with Crippen molar-refractivity contribution in [3.8, 4) is 0 Å². The second kappa shape index (κ2) is 6.35. The van der Waals surface area contributed by atoms with Gasteiger partial charge in [-0.05, 0) is 37.1 Å². The largest absolute Gasteiger partial charge is 0.360 e. The van der Waals surface area contributed by atoms with Gasteiger partial charge in [-0.15, -0.1) is 0 Å². The highest BCUT2D eigenvalue weighted by atomic mass is 35.5. The molecule has 1 heterocycles. The summed E-state index contributed by atoms with van der Waals surface area (Å²) in [6.07, 6.45) is 2.87. The summed E-state index contributed by atoms with van der Waals surface area (Å²) >= 11 is 5.79. The van der Waals surface area contributed by atoms with Gasteiger partial charge in [-0.2, -0.15) is 10.4 Å². The summed E-state index contributed by atoms with van der Waals surface area (Å²) in [5.41, 5.74) is 2.28. The van der Waals surface area contributed by atoms with Gasteiger partial charge in [-0.25, -0.2) is 4.79 Å². The number of hydrogen-bond acceptors (Lipinski definition) is 5. The van der Waals surface area contributed by atoms with Crippen LogP contribution in [-0.4, -0.2) is 33.9 Å². The molecule has 1 aromatic rings. The van der Waals surface area contributed by atoms with E-state index in [1.807, 2.05) is 0 Å². The molecular formula is C15H19ClN4O3. The van der Waals surface area contributed by atoms with Crippen LogP contribution in [0.2, 0.25) is 5.02 Å². The van der Waals surface area contributed by atoms with Gasteiger partial charge in [0.25, 0.3) is 5.91 Å². The Morgan fingerprint density at radius 1 is 1.17 bits per heavy atom. The van der Waals surface area contributed by atoms with Crippen molar-refractivity contribution < 1.29 is 14.7 Å². The van der Waals surface area contributed by atoms with Crippen molar-refractivity contribution in [1.29, 1.82) is 0 Å². The Bertz CT molecular complexity index is 601. The molecule has 4 N–H and O–H groups in total. The number of rotatable bonds is 4. The van der Waals surface area contributed by atoms with E-state index in [0.717, 1.165) is 24.3 Å². The van der Waals surface area contributed by atoms with Gasteiger partial charge in [0.2, 0.25) is 0 Å². The number of carbonyl (C=O) groups excluding carboxylic acids is 2. The van der Waals surface area contributed by atoms with Crippen LogP contribution in [0, 0.1) is 0 Å². The molecule has 23 heavy (non-hydrogen) atoms. The molecule has 1 atom stereocenters. The molecule has 1 aliphatic carbocycles. The molecule has 2 fully saturated rings. The quantitative estimate of drug-likeness (QED) is 0.496. The third-order valence-electron chi connectivity index (χ3n) is 4.27. The number of aliphatic hydroxyl groups excluding tert-OH is 1. The minimum atomic E-state index is -1.29. The van der Waals surface area contributed by atoms with Crippen LogP contribution in [-0.2, 0) is 4.79 Å². The van der Waals surface area contributed by atoms with E-state index in [0.29, 0.717) is 23.6 Å². The van der Waals surface area contributed by atoms with Gasteiger partial charge in [-0.1, -0.05) is 30.9 Å². The summed E-state index contributed by atoms with van der Waals surface area (Å²) in [4.78, 5) is 24.6. The predicted octanol–water partition coefficient (Wildman–Crippen LogP) is 1.79. The number of aliphatic hydroxyl groups is 1. The maximum atomic E-state index is 12.5. The van der Waals surface area contributed by atoms with E-state index in [9.17, 15) is 14.7 Å². The Labute approximate surface area is 139 Å². The zero-order chi connectivity index (χ0) is 16.4. The van der Waals surface area contributed by atoms with Crippen LogP contribution in [0.15, 0.2) is 24.3 Å². The molecule has 1 saturated heterocycles. The number of urea groups is 1. The Morgan fingerprint density at radius 3 is 2.48 bits per heavy atom. The molecule has 1 unspecified atom stereocenters. The van der Waals surface area contributed by atoms with Gasteiger partial charge in [0.15, 0.2) is 6.35 Å². The average molecular weight is 339 g/mol. The van der Waals surface area contributed by atoms with Crippen LogP contribution in [0.3, 0.4) is 0 Å². The number of anilines is 1. The third kappa shape index (κ3) is 3.26. The first-order valence-electron chi connectivity index (χ1n) is 7.63. The first-order chi connectivity index (χ1) is 11.0. The van der Waals surface area contributed by atoms with E-state index in [2.05, 4.69) is 16.1 Å². The van der Waals surface area contributed by atoms with Crippen molar-refractivity contribution in [3.05, 3.63) is 29.3 Å². The van der Waals surface area contributed by atoms with Crippen molar-refractivity contribution >= 4 is 29.2 Å². The van der Waals surface area contributed by atoms with Crippen molar-refractivity contribution in [2.45, 2.75) is 44.0 Å². The summed E-state index contributed by atoms with van der Waals surface area (Å²) in [5.74, 6) is -0.334. The standard InChI is InChI=1S/C15H19ClN4O3/c16-10-4-6-11(7-5-10)17-13(22)19-20-12(21)15(18-14(20)23)8-2-1-3-9-15/h4-7,13,17,19,22H,1-3,8-9H2,(H,18,23). The number of carbonyl (C=O) groups is 2. The van der Waals surface area contributed by atoms with Crippen LogP contribution >= 0.6 is 11.6 Å². The molecule has 3 rings (SSSR count). The SMILES string of the molecule is O=C1NC2(CCCCC2)C(=O)N1NC(O)Nc1ccc(Cl)cc1. The van der Waals surface area contributed by atoms with Crippen molar-refractivity contribution in [2.75, 3.05) is 5.32 Å². The molecule has 0 radical (unpaired) electrons. The van der Waals surface area contributed by atoms with Gasteiger partial charge >= 0.3 is 6.03 Å². The van der Waals surface area contributed by atoms with Crippen LogP contribution in [0.4, 0.5) is 10.5 Å². The number of amides is 3. The van der Waals surface area contributed by atoms with Crippen LogP contribution in [0.5, 0.6) is 0 Å². The van der Waals surface area contributed by atoms with E-state index in [4.69, 9.17) is 11.6 Å². The first-order valence-corrected chi connectivity index (χ1v) is 8.01. The maximum absolute atomic E-state index is 12.5. The lowest BCUT2D eigenvalue weighted by atomic mass is 9.82. The minimum Gasteiger partial charge on any atom is -0.360 e. The lowest BCUT2D eigenvalue weighted by Crippen LogP contribution is -2.53. The van der Waals surface area contributed by atoms with Gasteiger partial charge < -0.3 is 15.7 Å². The number of nitrogens with zero attached hydrogens (tertiary/aromatic N) is 1. The normalized spacial score (nSPS) is 21.4. The van der Waals surface area contributed by atoms with E-state index in [1.54, 1.807) is 24.3 Å². The topological polar surface area (TPSA) is 93.7 Å². The highest BCUT2D eigenvalue weighted by Crippen LogP contribution is 2.33. The number of benzene rings is 1. The molecule has 1 spiro atoms. The molecule has 7 nitrogen and oxygen atoms in total. The van der Waals surface area contributed by atoms with Crippen molar-refractivity contribution in [2.24, 2.45) is 0 Å². The summed E-state index contributed by atoms with van der Waals surface area (Å²) in [5, 5.41) is 17.0. The van der Waals surface area contributed by atoms with E-state index < -0.39 is 17.9 Å². The van der Waals surface area contributed by atoms with Crippen molar-refractivity contribution in [1.82, 2.24) is 15.8 Å². The highest BCUT2D eigenvalue weighted by molar-refractivity contribution is 6.30. The van der Waals surface area contributed by atoms with Crippen LogP contribution in [0.25, 0.3) is 0 Å². The molecule has 2 aliphatic rings. The number of nitrogens with one attached hydrogen (secondary N) is 3. The monoisotopic (exact) mass is 338 g/mol. The zero-order valence-electron chi connectivity index (χ0n) is 12.5. The van der Waals surface area contributed by atoms with Gasteiger partial charge in [-0.3, -0.25) is 4.79 Å². The Balaban J connectivity index is 1.63. The average Bonchev–Trinajstić information content (AvgIpc) is 2.75. The summed E-state index contributed by atoms with van der Waals surface area (Å²) in [6.45, 7) is 0. The molecule has 1 saturated carbocycles. The minimum absolute atomic E-state index is 0.334. The predicted molar refractivity (Wildman–Crippen MR) is 85.4 cm³/mol. The molecular weight excluding hydrogens is 320 g/mol. The van der Waals surface area contributed by atoms with Crippen molar-refractivity contribution in [3.63, 3.8) is 0 Å². The van der Waals surface area contributed by atoms with Gasteiger partial charge in [0, 0.05) is 10.7 Å². The summed E-state index contributed by atoms with van der Waals surface area (Å²) in [7, 11) is 0. The molecule has 1 aliphatic heterocycles. The second-order valence-corrected chi connectivity index (χ2v) is 6.33. The Kier molecular flexibility index (Phi) is 4.43. The van der Waals surface area contributed by atoms with Crippen LogP contribution in [0.1, 0.15) is 32.1 Å². The number of hydrazine groups is 1. The second-order valence-electron chi connectivity index (χ2n) is 5.90. The fourth-order valence-corrected chi connectivity index (χ4v) is 3.22. The fraction of sp³-hybridized carbons (Fsp3) is 0.467. The van der Waals surface area contributed by atoms with E-state index in [-0.39, 0.29) is 5.91 Å². The zero-order valence-corrected chi connectivity index (χ0v) is 13.3. The molecule has 1 aromatic carbocycles.